The first kappa shape index (κ1) is 13.0. The molecule has 0 saturated heterocycles. The Hall–Kier alpha value is -0.970. The van der Waals surface area contributed by atoms with Crippen LogP contribution in [0.3, 0.4) is 0 Å². The van der Waals surface area contributed by atoms with Crippen LogP contribution in [0.25, 0.3) is 0 Å². The predicted octanol–water partition coefficient (Wildman–Crippen LogP) is 0.885. The summed E-state index contributed by atoms with van der Waals surface area (Å²) in [5, 5.41) is 10.9. The van der Waals surface area contributed by atoms with E-state index < -0.39 is 12.0 Å². The number of carbonyl (C=O) groups is 2. The molecule has 0 aliphatic carbocycles. The number of aliphatic carboxylic acids is 1. The Morgan fingerprint density at radius 2 is 2.36 bits per heavy atom. The van der Waals surface area contributed by atoms with Gasteiger partial charge in [0.05, 0.1) is 0 Å². The Morgan fingerprint density at radius 1 is 1.71 bits per heavy atom. The summed E-state index contributed by atoms with van der Waals surface area (Å²) in [6.45, 7) is 5.80. The van der Waals surface area contributed by atoms with Gasteiger partial charge in [-0.3, -0.25) is 4.79 Å². The van der Waals surface area contributed by atoms with Crippen LogP contribution >= 0.6 is 11.8 Å². The van der Waals surface area contributed by atoms with Crippen molar-refractivity contribution < 1.29 is 14.7 Å². The number of hydrogen-bond donors (Lipinski definition) is 2. The first-order valence-corrected chi connectivity index (χ1v) is 5.44. The topological polar surface area (TPSA) is 66.4 Å². The molecule has 0 aromatic carbocycles. The zero-order chi connectivity index (χ0) is 11.0. The molecule has 5 heteroatoms. The van der Waals surface area contributed by atoms with Crippen molar-refractivity contribution in [3.05, 3.63) is 12.2 Å². The molecule has 14 heavy (non-hydrogen) atoms. The molecule has 0 rings (SSSR count). The summed E-state index contributed by atoms with van der Waals surface area (Å²) in [4.78, 5) is 20.6. The van der Waals surface area contributed by atoms with E-state index in [0.717, 1.165) is 17.7 Å². The first-order chi connectivity index (χ1) is 6.61. The summed E-state index contributed by atoms with van der Waals surface area (Å²) in [7, 11) is 0. The zero-order valence-electron chi connectivity index (χ0n) is 8.16. The van der Waals surface area contributed by atoms with Crippen molar-refractivity contribution in [2.45, 2.75) is 19.4 Å². The van der Waals surface area contributed by atoms with Gasteiger partial charge in [-0.1, -0.05) is 19.1 Å². The summed E-state index contributed by atoms with van der Waals surface area (Å²) in [6.07, 6.45) is 1.31. The van der Waals surface area contributed by atoms with E-state index in [1.54, 1.807) is 0 Å². The summed E-state index contributed by atoms with van der Waals surface area (Å²) in [5.41, 5.74) is 1.07. The number of amides is 1. The van der Waals surface area contributed by atoms with E-state index in [0.29, 0.717) is 12.2 Å². The second-order valence-electron chi connectivity index (χ2n) is 2.79. The molecule has 0 radical (unpaired) electrons. The molecule has 2 N–H and O–H groups in total. The fraction of sp³-hybridized carbons (Fsp3) is 0.556. The van der Waals surface area contributed by atoms with Crippen molar-refractivity contribution in [3.63, 3.8) is 0 Å². The lowest BCUT2D eigenvalue weighted by atomic mass is 10.3. The monoisotopic (exact) mass is 217 g/mol. The fourth-order valence-electron chi connectivity index (χ4n) is 0.696. The van der Waals surface area contributed by atoms with Crippen LogP contribution in [0.4, 0.5) is 0 Å². The second kappa shape index (κ2) is 7.44. The molecule has 0 aliphatic heterocycles. The number of carboxylic acid groups (broad SMARTS) is 1. The van der Waals surface area contributed by atoms with Crippen LogP contribution in [-0.2, 0) is 9.59 Å². The van der Waals surface area contributed by atoms with Crippen molar-refractivity contribution in [1.82, 2.24) is 5.32 Å². The molecule has 0 aliphatic rings. The van der Waals surface area contributed by atoms with Crippen molar-refractivity contribution in [2.24, 2.45) is 0 Å². The molecule has 80 valence electrons. The van der Waals surface area contributed by atoms with Crippen LogP contribution in [-0.4, -0.2) is 35.0 Å². The number of carboxylic acids is 1. The van der Waals surface area contributed by atoms with E-state index in [1.165, 1.54) is 11.8 Å². The number of carbonyl (C=O) groups excluding carboxylic acids is 1. The van der Waals surface area contributed by atoms with Crippen LogP contribution < -0.4 is 5.32 Å². The van der Waals surface area contributed by atoms with Gasteiger partial charge in [0.1, 0.15) is 6.04 Å². The molecule has 1 amide bonds. The molecule has 0 fully saturated rings. The van der Waals surface area contributed by atoms with E-state index in [9.17, 15) is 9.59 Å². The largest absolute Gasteiger partial charge is 0.480 e. The van der Waals surface area contributed by atoms with Crippen molar-refractivity contribution in [2.75, 3.05) is 11.5 Å². The second-order valence-corrected chi connectivity index (χ2v) is 3.82. The van der Waals surface area contributed by atoms with Gasteiger partial charge in [0, 0.05) is 11.5 Å². The predicted molar refractivity (Wildman–Crippen MR) is 57.4 cm³/mol. The number of thioether (sulfide) groups is 1. The van der Waals surface area contributed by atoms with Crippen LogP contribution in [0, 0.1) is 0 Å². The van der Waals surface area contributed by atoms with E-state index >= 15 is 0 Å². The highest BCUT2D eigenvalue weighted by Crippen LogP contribution is 2.10. The van der Waals surface area contributed by atoms with Gasteiger partial charge in [0.15, 0.2) is 0 Å². The number of nitrogens with one attached hydrogen (secondary N) is 1. The maximum Gasteiger partial charge on any atom is 0.327 e. The highest BCUT2D eigenvalue weighted by Gasteiger charge is 2.15. The smallest absolute Gasteiger partial charge is 0.327 e. The lowest BCUT2D eigenvalue weighted by Gasteiger charge is -2.10. The van der Waals surface area contributed by atoms with E-state index in [1.807, 2.05) is 6.92 Å². The Labute approximate surface area is 87.8 Å². The molecule has 1 atom stereocenters. The van der Waals surface area contributed by atoms with Crippen molar-refractivity contribution >= 4 is 24.1 Å². The standard InChI is InChI=1S/C9H15NO3S/c1-3-7(2)4-14-5-8(9(12)13)10-6-11/h6,8H,2-5H2,1H3,(H,10,11)(H,12,13). The summed E-state index contributed by atoms with van der Waals surface area (Å²) >= 11 is 1.46. The lowest BCUT2D eigenvalue weighted by Crippen LogP contribution is -2.37. The highest BCUT2D eigenvalue weighted by molar-refractivity contribution is 7.99. The molecule has 0 spiro atoms. The van der Waals surface area contributed by atoms with E-state index in [-0.39, 0.29) is 0 Å². The van der Waals surface area contributed by atoms with Crippen molar-refractivity contribution in [3.8, 4) is 0 Å². The molecule has 0 aromatic rings. The number of rotatable bonds is 8. The van der Waals surface area contributed by atoms with Gasteiger partial charge in [0.25, 0.3) is 0 Å². The Balaban J connectivity index is 3.76. The van der Waals surface area contributed by atoms with Crippen LogP contribution in [0.5, 0.6) is 0 Å². The summed E-state index contributed by atoms with van der Waals surface area (Å²) in [5.74, 6) is 0.0974. The van der Waals surface area contributed by atoms with E-state index in [2.05, 4.69) is 11.9 Å². The van der Waals surface area contributed by atoms with E-state index in [4.69, 9.17) is 5.11 Å². The fourth-order valence-corrected chi connectivity index (χ4v) is 1.78. The molecule has 0 heterocycles. The van der Waals surface area contributed by atoms with Gasteiger partial charge in [-0.05, 0) is 6.42 Å². The van der Waals surface area contributed by atoms with Gasteiger partial charge in [-0.2, -0.15) is 11.8 Å². The minimum atomic E-state index is -1.01. The first-order valence-electron chi connectivity index (χ1n) is 4.28. The maximum atomic E-state index is 10.6. The quantitative estimate of drug-likeness (QED) is 0.468. The summed E-state index contributed by atoms with van der Waals surface area (Å²) < 4.78 is 0. The van der Waals surface area contributed by atoms with Gasteiger partial charge in [0.2, 0.25) is 6.41 Å². The van der Waals surface area contributed by atoms with Gasteiger partial charge in [-0.15, -0.1) is 0 Å². The highest BCUT2D eigenvalue weighted by atomic mass is 32.2. The van der Waals surface area contributed by atoms with Crippen molar-refractivity contribution in [1.29, 1.82) is 0 Å². The minimum Gasteiger partial charge on any atom is -0.480 e. The van der Waals surface area contributed by atoms with Gasteiger partial charge < -0.3 is 10.4 Å². The molecular formula is C9H15NO3S. The van der Waals surface area contributed by atoms with Crippen LogP contribution in [0.15, 0.2) is 12.2 Å². The Bertz CT molecular complexity index is 218. The molecule has 0 saturated carbocycles. The number of hydrogen-bond acceptors (Lipinski definition) is 3. The molecule has 4 nitrogen and oxygen atoms in total. The molecule has 0 aromatic heterocycles. The third-order valence-electron chi connectivity index (χ3n) is 1.66. The molecule has 1 unspecified atom stereocenters. The Morgan fingerprint density at radius 3 is 2.79 bits per heavy atom. The van der Waals surface area contributed by atoms with Gasteiger partial charge >= 0.3 is 5.97 Å². The lowest BCUT2D eigenvalue weighted by molar-refractivity contribution is -0.139. The third kappa shape index (κ3) is 5.64. The summed E-state index contributed by atoms with van der Waals surface area (Å²) in [6, 6.07) is -0.804. The Kier molecular flexibility index (Phi) is 6.92. The maximum absolute atomic E-state index is 10.6. The van der Waals surface area contributed by atoms with Crippen LogP contribution in [0.2, 0.25) is 0 Å². The average molecular weight is 217 g/mol. The normalized spacial score (nSPS) is 11.8. The van der Waals surface area contributed by atoms with Gasteiger partial charge in [-0.25, -0.2) is 4.79 Å². The average Bonchev–Trinajstić information content (AvgIpc) is 2.16. The minimum absolute atomic E-state index is 0.368. The molecule has 0 bridgehead atoms. The third-order valence-corrected chi connectivity index (χ3v) is 2.84. The zero-order valence-corrected chi connectivity index (χ0v) is 8.97. The SMILES string of the molecule is C=C(CC)CSCC(NC=O)C(=O)O. The van der Waals surface area contributed by atoms with Crippen LogP contribution in [0.1, 0.15) is 13.3 Å². The molecular weight excluding hydrogens is 202 g/mol.